The molecule has 2 saturated heterocycles. The molecule has 0 radical (unpaired) electrons. The van der Waals surface area contributed by atoms with Crippen LogP contribution in [0.3, 0.4) is 0 Å². The first kappa shape index (κ1) is 22.8. The van der Waals surface area contributed by atoms with E-state index in [1.54, 1.807) is 10.4 Å². The smallest absolute Gasteiger partial charge is 0.253 e. The van der Waals surface area contributed by atoms with Crippen LogP contribution in [0.25, 0.3) is 0 Å². The van der Waals surface area contributed by atoms with Gasteiger partial charge < -0.3 is 10.2 Å². The van der Waals surface area contributed by atoms with Crippen LogP contribution in [0.2, 0.25) is 0 Å². The Balaban J connectivity index is 1.53. The third kappa shape index (κ3) is 4.69. The average Bonchev–Trinajstić information content (AvgIpc) is 3.24. The summed E-state index contributed by atoms with van der Waals surface area (Å²) in [6, 6.07) is 13.6. The van der Waals surface area contributed by atoms with E-state index in [0.717, 1.165) is 36.1 Å². The number of sulfonamides is 1. The molecule has 2 aromatic carbocycles. The molecule has 4 rings (SSSR count). The van der Waals surface area contributed by atoms with E-state index in [0.29, 0.717) is 37.7 Å². The second kappa shape index (κ2) is 9.24. The van der Waals surface area contributed by atoms with Crippen LogP contribution < -0.4 is 5.32 Å². The number of rotatable bonds is 5. The van der Waals surface area contributed by atoms with E-state index in [9.17, 15) is 13.2 Å². The number of hydrogen-bond donors (Lipinski definition) is 1. The Kier molecular flexibility index (Phi) is 6.58. The van der Waals surface area contributed by atoms with E-state index >= 15 is 0 Å². The standard InChI is InChI=1S/C25H33N3O3S/c1-18-9-13-28(14-10-18)32(30,31)24-16-21(15-19(2)20(24)3)25(29)27-12-11-23(17-27)26-22-7-5-4-6-8-22/h4-8,15-16,18,23,26H,9-14,17H2,1-3H3. The highest BCUT2D eigenvalue weighted by Gasteiger charge is 2.32. The van der Waals surface area contributed by atoms with Crippen molar-refractivity contribution in [1.82, 2.24) is 9.21 Å². The zero-order valence-electron chi connectivity index (χ0n) is 19.2. The summed E-state index contributed by atoms with van der Waals surface area (Å²) in [4.78, 5) is 15.4. The van der Waals surface area contributed by atoms with E-state index < -0.39 is 10.0 Å². The van der Waals surface area contributed by atoms with Gasteiger partial charge in [0, 0.05) is 43.5 Å². The van der Waals surface area contributed by atoms with Crippen molar-refractivity contribution >= 4 is 21.6 Å². The molecule has 2 aliphatic rings. The number of anilines is 1. The number of para-hydroxylation sites is 1. The van der Waals surface area contributed by atoms with Gasteiger partial charge >= 0.3 is 0 Å². The molecular weight excluding hydrogens is 422 g/mol. The molecule has 0 aromatic heterocycles. The number of carbonyl (C=O) groups excluding carboxylic acids is 1. The molecule has 7 heteroatoms. The largest absolute Gasteiger partial charge is 0.380 e. The summed E-state index contributed by atoms with van der Waals surface area (Å²) >= 11 is 0. The number of aryl methyl sites for hydroxylation is 1. The molecule has 1 N–H and O–H groups in total. The lowest BCUT2D eigenvalue weighted by molar-refractivity contribution is 0.0791. The van der Waals surface area contributed by atoms with Gasteiger partial charge in [-0.1, -0.05) is 25.1 Å². The maximum Gasteiger partial charge on any atom is 0.253 e. The summed E-state index contributed by atoms with van der Waals surface area (Å²) in [6.07, 6.45) is 2.61. The Morgan fingerprint density at radius 2 is 1.69 bits per heavy atom. The Morgan fingerprint density at radius 1 is 1.00 bits per heavy atom. The van der Waals surface area contributed by atoms with Crippen LogP contribution in [0.4, 0.5) is 5.69 Å². The molecule has 2 fully saturated rings. The lowest BCUT2D eigenvalue weighted by Gasteiger charge is -2.30. The highest BCUT2D eigenvalue weighted by atomic mass is 32.2. The fraction of sp³-hybridized carbons (Fsp3) is 0.480. The summed E-state index contributed by atoms with van der Waals surface area (Å²) in [5.74, 6) is 0.444. The van der Waals surface area contributed by atoms with E-state index in [2.05, 4.69) is 12.2 Å². The molecule has 2 heterocycles. The van der Waals surface area contributed by atoms with E-state index in [1.807, 2.05) is 55.1 Å². The fourth-order valence-electron chi connectivity index (χ4n) is 4.60. The summed E-state index contributed by atoms with van der Waals surface area (Å²) in [5, 5.41) is 3.48. The van der Waals surface area contributed by atoms with Gasteiger partial charge in [-0.3, -0.25) is 4.79 Å². The molecule has 0 aliphatic carbocycles. The first-order valence-electron chi connectivity index (χ1n) is 11.5. The van der Waals surface area contributed by atoms with Gasteiger partial charge in [0.25, 0.3) is 5.91 Å². The molecule has 2 aliphatic heterocycles. The third-order valence-corrected chi connectivity index (χ3v) is 8.87. The lowest BCUT2D eigenvalue weighted by atomic mass is 10.0. The molecule has 1 amide bonds. The highest BCUT2D eigenvalue weighted by Crippen LogP contribution is 2.29. The van der Waals surface area contributed by atoms with Crippen molar-refractivity contribution in [1.29, 1.82) is 0 Å². The molecule has 32 heavy (non-hydrogen) atoms. The number of nitrogens with one attached hydrogen (secondary N) is 1. The number of hydrogen-bond acceptors (Lipinski definition) is 4. The molecule has 0 spiro atoms. The Bertz CT molecular complexity index is 1080. The van der Waals surface area contributed by atoms with Crippen molar-refractivity contribution < 1.29 is 13.2 Å². The van der Waals surface area contributed by atoms with Crippen LogP contribution in [0.15, 0.2) is 47.4 Å². The molecule has 2 aromatic rings. The second-order valence-electron chi connectivity index (χ2n) is 9.25. The van der Waals surface area contributed by atoms with E-state index in [1.165, 1.54) is 0 Å². The number of piperidine rings is 1. The van der Waals surface area contributed by atoms with Gasteiger partial charge in [0.2, 0.25) is 10.0 Å². The topological polar surface area (TPSA) is 69.7 Å². The minimum absolute atomic E-state index is 0.103. The van der Waals surface area contributed by atoms with Crippen LogP contribution in [0.1, 0.15) is 47.7 Å². The number of likely N-dealkylation sites (tertiary alicyclic amines) is 1. The highest BCUT2D eigenvalue weighted by molar-refractivity contribution is 7.89. The van der Waals surface area contributed by atoms with Crippen molar-refractivity contribution in [3.05, 3.63) is 59.2 Å². The lowest BCUT2D eigenvalue weighted by Crippen LogP contribution is -2.38. The van der Waals surface area contributed by atoms with Crippen LogP contribution >= 0.6 is 0 Å². The maximum atomic E-state index is 13.4. The van der Waals surface area contributed by atoms with Crippen molar-refractivity contribution in [3.63, 3.8) is 0 Å². The normalized spacial score (nSPS) is 20.5. The molecule has 0 saturated carbocycles. The summed E-state index contributed by atoms with van der Waals surface area (Å²) in [7, 11) is -3.62. The van der Waals surface area contributed by atoms with E-state index in [4.69, 9.17) is 0 Å². The zero-order valence-corrected chi connectivity index (χ0v) is 20.0. The molecule has 0 bridgehead atoms. The molecular formula is C25H33N3O3S. The quantitative estimate of drug-likeness (QED) is 0.738. The van der Waals surface area contributed by atoms with Gasteiger partial charge in [-0.25, -0.2) is 8.42 Å². The zero-order chi connectivity index (χ0) is 22.9. The Hall–Kier alpha value is -2.38. The molecule has 6 nitrogen and oxygen atoms in total. The van der Waals surface area contributed by atoms with Gasteiger partial charge in [-0.15, -0.1) is 0 Å². The van der Waals surface area contributed by atoms with Crippen LogP contribution in [0, 0.1) is 19.8 Å². The Labute approximate surface area is 191 Å². The van der Waals surface area contributed by atoms with Crippen molar-refractivity contribution in [2.75, 3.05) is 31.5 Å². The summed E-state index contributed by atoms with van der Waals surface area (Å²) < 4.78 is 28.4. The predicted octanol–water partition coefficient (Wildman–Crippen LogP) is 4.05. The summed E-state index contributed by atoms with van der Waals surface area (Å²) in [5.41, 5.74) is 3.06. The van der Waals surface area contributed by atoms with Crippen molar-refractivity contribution in [2.24, 2.45) is 5.92 Å². The molecule has 172 valence electrons. The molecule has 1 unspecified atom stereocenters. The van der Waals surface area contributed by atoms with Crippen molar-refractivity contribution in [2.45, 2.75) is 51.0 Å². The van der Waals surface area contributed by atoms with Crippen LogP contribution in [-0.4, -0.2) is 55.8 Å². The first-order valence-corrected chi connectivity index (χ1v) is 12.9. The van der Waals surface area contributed by atoms with E-state index in [-0.39, 0.29) is 16.8 Å². The minimum Gasteiger partial charge on any atom is -0.380 e. The van der Waals surface area contributed by atoms with Crippen LogP contribution in [-0.2, 0) is 10.0 Å². The minimum atomic E-state index is -3.62. The van der Waals surface area contributed by atoms with Crippen LogP contribution in [0.5, 0.6) is 0 Å². The second-order valence-corrected chi connectivity index (χ2v) is 11.2. The van der Waals surface area contributed by atoms with Gasteiger partial charge in [0.1, 0.15) is 0 Å². The SMILES string of the molecule is Cc1cc(C(=O)N2CCC(Nc3ccccc3)C2)cc(S(=O)(=O)N2CCC(C)CC2)c1C. The maximum absolute atomic E-state index is 13.4. The number of amides is 1. The number of nitrogens with zero attached hydrogens (tertiary/aromatic N) is 2. The fourth-order valence-corrected chi connectivity index (χ4v) is 6.39. The monoisotopic (exact) mass is 455 g/mol. The first-order chi connectivity index (χ1) is 15.3. The third-order valence-electron chi connectivity index (χ3n) is 6.85. The van der Waals surface area contributed by atoms with Gasteiger partial charge in [0.15, 0.2) is 0 Å². The predicted molar refractivity (Wildman–Crippen MR) is 127 cm³/mol. The summed E-state index contributed by atoms with van der Waals surface area (Å²) in [6.45, 7) is 8.22. The van der Waals surface area contributed by atoms with Gasteiger partial charge in [-0.2, -0.15) is 4.31 Å². The van der Waals surface area contributed by atoms with Gasteiger partial charge in [0.05, 0.1) is 4.90 Å². The van der Waals surface area contributed by atoms with Crippen molar-refractivity contribution in [3.8, 4) is 0 Å². The molecule has 1 atom stereocenters. The number of benzene rings is 2. The average molecular weight is 456 g/mol. The number of carbonyl (C=O) groups is 1. The van der Waals surface area contributed by atoms with Gasteiger partial charge in [-0.05, 0) is 74.4 Å². The Morgan fingerprint density at radius 3 is 2.38 bits per heavy atom.